The number of aryl methyl sites for hydroxylation is 1. The number of fused-ring (bicyclic) bond motifs is 1. The fourth-order valence-corrected chi connectivity index (χ4v) is 5.02. The predicted molar refractivity (Wildman–Crippen MR) is 137 cm³/mol. The highest BCUT2D eigenvalue weighted by atomic mass is 32.1. The molecule has 3 rings (SSSR count). The number of para-hydroxylation sites is 1. The Kier molecular flexibility index (Phi) is 9.65. The summed E-state index contributed by atoms with van der Waals surface area (Å²) in [6.45, 7) is 3.60. The largest absolute Gasteiger partial charge is 0.493 e. The molecular formula is C26H36N4O4S. The fraction of sp³-hybridized carbons (Fsp3) is 0.538. The number of benzene rings is 1. The number of unbranched alkanes of at least 4 members (excludes halogenated alkanes) is 1. The first-order valence-electron chi connectivity index (χ1n) is 12.2. The topological polar surface area (TPSA) is 83.0 Å². The van der Waals surface area contributed by atoms with Gasteiger partial charge in [-0.1, -0.05) is 12.1 Å². The fourth-order valence-electron chi connectivity index (χ4n) is 4.23. The van der Waals surface area contributed by atoms with Gasteiger partial charge in [-0.3, -0.25) is 14.4 Å². The number of thiazole rings is 1. The lowest BCUT2D eigenvalue weighted by Crippen LogP contribution is -2.48. The van der Waals surface area contributed by atoms with Gasteiger partial charge in [0, 0.05) is 34.2 Å². The molecule has 2 heterocycles. The molecular weight excluding hydrogens is 464 g/mol. The van der Waals surface area contributed by atoms with Crippen LogP contribution in [0.1, 0.15) is 64.2 Å². The monoisotopic (exact) mass is 500 g/mol. The van der Waals surface area contributed by atoms with Crippen molar-refractivity contribution < 1.29 is 19.1 Å². The molecule has 3 amide bonds. The number of hydrogen-bond donors (Lipinski definition) is 0. The van der Waals surface area contributed by atoms with Gasteiger partial charge >= 0.3 is 0 Å². The number of carbonyl (C=O) groups is 3. The zero-order chi connectivity index (χ0) is 25.4. The molecule has 0 aliphatic carbocycles. The molecule has 0 spiro atoms. The summed E-state index contributed by atoms with van der Waals surface area (Å²) in [4.78, 5) is 49.2. The van der Waals surface area contributed by atoms with Gasteiger partial charge in [-0.05, 0) is 57.6 Å². The predicted octanol–water partition coefficient (Wildman–Crippen LogP) is 3.86. The Labute approximate surface area is 211 Å². The summed E-state index contributed by atoms with van der Waals surface area (Å²) < 4.78 is 5.91. The summed E-state index contributed by atoms with van der Waals surface area (Å²) in [5.41, 5.74) is 2.90. The Bertz CT molecular complexity index is 1020. The van der Waals surface area contributed by atoms with E-state index in [1.807, 2.05) is 26.1 Å². The number of nitrogens with zero attached hydrogens (tertiary/aromatic N) is 4. The SMILES string of the molecule is Cc1ncsc1C(=O)N(C)CCCC[C@H]1C(=O)N(C)CCCCCOc2ccccc2C(=O)N1C. The molecule has 0 saturated carbocycles. The molecule has 1 aromatic carbocycles. The molecule has 0 bridgehead atoms. The molecule has 190 valence electrons. The Morgan fingerprint density at radius 2 is 1.94 bits per heavy atom. The van der Waals surface area contributed by atoms with Crippen molar-refractivity contribution in [2.45, 2.75) is 51.5 Å². The molecule has 0 radical (unpaired) electrons. The third-order valence-electron chi connectivity index (χ3n) is 6.47. The lowest BCUT2D eigenvalue weighted by atomic mass is 10.0. The highest BCUT2D eigenvalue weighted by Gasteiger charge is 2.31. The molecule has 35 heavy (non-hydrogen) atoms. The summed E-state index contributed by atoms with van der Waals surface area (Å²) >= 11 is 1.35. The van der Waals surface area contributed by atoms with E-state index < -0.39 is 6.04 Å². The van der Waals surface area contributed by atoms with Crippen LogP contribution in [0.25, 0.3) is 0 Å². The van der Waals surface area contributed by atoms with Gasteiger partial charge in [0.15, 0.2) is 0 Å². The summed E-state index contributed by atoms with van der Waals surface area (Å²) in [6.07, 6.45) is 4.68. The molecule has 8 nitrogen and oxygen atoms in total. The van der Waals surface area contributed by atoms with Crippen molar-refractivity contribution in [1.82, 2.24) is 19.7 Å². The van der Waals surface area contributed by atoms with Crippen LogP contribution in [0.5, 0.6) is 5.75 Å². The van der Waals surface area contributed by atoms with Crippen LogP contribution in [0.4, 0.5) is 0 Å². The van der Waals surface area contributed by atoms with Crippen LogP contribution in [0.2, 0.25) is 0 Å². The van der Waals surface area contributed by atoms with E-state index in [1.165, 1.54) is 11.3 Å². The first kappa shape index (κ1) is 26.7. The van der Waals surface area contributed by atoms with E-state index in [0.29, 0.717) is 48.7 Å². The molecule has 1 aliphatic heterocycles. The first-order chi connectivity index (χ1) is 16.8. The second kappa shape index (κ2) is 12.7. The molecule has 1 atom stereocenters. The third kappa shape index (κ3) is 6.81. The number of hydrogen-bond acceptors (Lipinski definition) is 6. The molecule has 0 saturated heterocycles. The van der Waals surface area contributed by atoms with Crippen molar-refractivity contribution in [3.8, 4) is 5.75 Å². The van der Waals surface area contributed by atoms with Crippen LogP contribution in [-0.4, -0.2) is 84.3 Å². The maximum atomic E-state index is 13.4. The first-order valence-corrected chi connectivity index (χ1v) is 13.1. The number of likely N-dealkylation sites (N-methyl/N-ethyl adjacent to an activating group) is 2. The lowest BCUT2D eigenvalue weighted by molar-refractivity contribution is -0.134. The number of amides is 3. The van der Waals surface area contributed by atoms with Crippen LogP contribution in [0, 0.1) is 6.92 Å². The molecule has 0 fully saturated rings. The number of carbonyl (C=O) groups excluding carboxylic acids is 3. The smallest absolute Gasteiger partial charge is 0.265 e. The van der Waals surface area contributed by atoms with Gasteiger partial charge in [0.1, 0.15) is 16.7 Å². The van der Waals surface area contributed by atoms with Gasteiger partial charge in [-0.25, -0.2) is 4.98 Å². The van der Waals surface area contributed by atoms with E-state index in [-0.39, 0.29) is 17.7 Å². The van der Waals surface area contributed by atoms with Crippen molar-refractivity contribution in [3.05, 3.63) is 45.9 Å². The lowest BCUT2D eigenvalue weighted by Gasteiger charge is -2.31. The minimum absolute atomic E-state index is 0.0354. The second-order valence-corrected chi connectivity index (χ2v) is 9.94. The molecule has 0 unspecified atom stereocenters. The minimum Gasteiger partial charge on any atom is -0.493 e. The number of ether oxygens (including phenoxy) is 1. The molecule has 1 aromatic heterocycles. The summed E-state index contributed by atoms with van der Waals surface area (Å²) in [7, 11) is 5.28. The van der Waals surface area contributed by atoms with E-state index in [1.54, 1.807) is 46.4 Å². The number of rotatable bonds is 6. The number of aromatic nitrogens is 1. The standard InChI is InChI=1S/C26H36N4O4S/c1-19-23(35-18-27-19)26(33)29(3)16-10-8-13-21-25(32)28(2)15-9-5-11-17-34-22-14-7-6-12-20(22)24(31)30(21)4/h6-7,12,14,18,21H,5,8-11,13,15-17H2,1-4H3/t21-/m0/s1. The van der Waals surface area contributed by atoms with Gasteiger partial charge < -0.3 is 19.4 Å². The van der Waals surface area contributed by atoms with Crippen molar-refractivity contribution in [3.63, 3.8) is 0 Å². The molecule has 9 heteroatoms. The van der Waals surface area contributed by atoms with E-state index in [0.717, 1.165) is 31.4 Å². The highest BCUT2D eigenvalue weighted by Crippen LogP contribution is 2.23. The average Bonchev–Trinajstić information content (AvgIpc) is 3.29. The molecule has 1 aliphatic rings. The average molecular weight is 501 g/mol. The zero-order valence-corrected chi connectivity index (χ0v) is 22.0. The Morgan fingerprint density at radius 1 is 1.17 bits per heavy atom. The van der Waals surface area contributed by atoms with Gasteiger partial charge in [0.05, 0.1) is 23.4 Å². The Hall–Kier alpha value is -2.94. The van der Waals surface area contributed by atoms with Crippen molar-refractivity contribution >= 4 is 29.1 Å². The van der Waals surface area contributed by atoms with Gasteiger partial charge in [-0.2, -0.15) is 0 Å². The minimum atomic E-state index is -0.578. The maximum absolute atomic E-state index is 13.4. The highest BCUT2D eigenvalue weighted by molar-refractivity contribution is 7.11. The van der Waals surface area contributed by atoms with Crippen LogP contribution in [-0.2, 0) is 4.79 Å². The van der Waals surface area contributed by atoms with Gasteiger partial charge in [0.25, 0.3) is 11.8 Å². The quantitative estimate of drug-likeness (QED) is 0.563. The van der Waals surface area contributed by atoms with E-state index in [9.17, 15) is 14.4 Å². The summed E-state index contributed by atoms with van der Waals surface area (Å²) in [5.74, 6) is 0.246. The van der Waals surface area contributed by atoms with Crippen LogP contribution < -0.4 is 4.74 Å². The Morgan fingerprint density at radius 3 is 2.69 bits per heavy atom. The third-order valence-corrected chi connectivity index (χ3v) is 7.39. The van der Waals surface area contributed by atoms with Crippen LogP contribution in [0.3, 0.4) is 0 Å². The van der Waals surface area contributed by atoms with Crippen LogP contribution in [0.15, 0.2) is 29.8 Å². The second-order valence-electron chi connectivity index (χ2n) is 9.09. The van der Waals surface area contributed by atoms with Crippen LogP contribution >= 0.6 is 11.3 Å². The summed E-state index contributed by atoms with van der Waals surface area (Å²) in [5, 5.41) is 0. The Balaban J connectivity index is 1.69. The van der Waals surface area contributed by atoms with Crippen molar-refractivity contribution in [2.75, 3.05) is 40.8 Å². The molecule has 0 N–H and O–H groups in total. The normalized spacial score (nSPS) is 17.7. The van der Waals surface area contributed by atoms with Crippen molar-refractivity contribution in [2.24, 2.45) is 0 Å². The van der Waals surface area contributed by atoms with Gasteiger partial charge in [-0.15, -0.1) is 11.3 Å². The maximum Gasteiger partial charge on any atom is 0.265 e. The zero-order valence-electron chi connectivity index (χ0n) is 21.2. The van der Waals surface area contributed by atoms with E-state index in [4.69, 9.17) is 4.74 Å². The summed E-state index contributed by atoms with van der Waals surface area (Å²) in [6, 6.07) is 6.65. The van der Waals surface area contributed by atoms with Crippen molar-refractivity contribution in [1.29, 1.82) is 0 Å². The van der Waals surface area contributed by atoms with Gasteiger partial charge in [0.2, 0.25) is 5.91 Å². The molecule has 2 aromatic rings. The van der Waals surface area contributed by atoms with E-state index >= 15 is 0 Å². The van der Waals surface area contributed by atoms with E-state index in [2.05, 4.69) is 4.98 Å².